The fraction of sp³-hybridized carbons (Fsp3) is 0.333. The van der Waals surface area contributed by atoms with Gasteiger partial charge in [-0.2, -0.15) is 0 Å². The van der Waals surface area contributed by atoms with Crippen LogP contribution < -0.4 is 10.6 Å². The zero-order valence-corrected chi connectivity index (χ0v) is 16.7. The number of carbonyl (C=O) groups is 2. The third kappa shape index (κ3) is 6.60. The van der Waals surface area contributed by atoms with E-state index in [0.717, 1.165) is 11.6 Å². The van der Waals surface area contributed by atoms with E-state index in [9.17, 15) is 19.7 Å². The quantitative estimate of drug-likeness (QED) is 0.379. The molecule has 2 N–H and O–H groups in total. The van der Waals surface area contributed by atoms with Gasteiger partial charge in [-0.05, 0) is 30.5 Å². The summed E-state index contributed by atoms with van der Waals surface area (Å²) >= 11 is 0. The molecular weight excluding hydrogens is 374 g/mol. The third-order valence-electron chi connectivity index (χ3n) is 4.48. The van der Waals surface area contributed by atoms with Gasteiger partial charge >= 0.3 is 5.97 Å². The minimum Gasteiger partial charge on any atom is -0.452 e. The number of ether oxygens (including phenoxy) is 1. The minimum atomic E-state index is -0.796. The van der Waals surface area contributed by atoms with E-state index in [1.807, 2.05) is 51.1 Å². The number of hydrogen-bond donors (Lipinski definition) is 2. The molecule has 0 aliphatic heterocycles. The Bertz CT molecular complexity index is 868. The van der Waals surface area contributed by atoms with Gasteiger partial charge in [0, 0.05) is 18.7 Å². The van der Waals surface area contributed by atoms with Crippen LogP contribution in [0.15, 0.2) is 48.5 Å². The third-order valence-corrected chi connectivity index (χ3v) is 4.48. The standard InChI is InChI=1S/C21H25N3O5/c1-14(2)15(3)23-20(25)13-29-21(26)17-9-10-18(19(11-17)24(27)28)22-12-16-7-5-4-6-8-16/h4-11,14-15,22H,12-13H2,1-3H3,(H,23,25)/t15-/m0/s1. The van der Waals surface area contributed by atoms with Crippen LogP contribution >= 0.6 is 0 Å². The summed E-state index contributed by atoms with van der Waals surface area (Å²) < 4.78 is 4.98. The lowest BCUT2D eigenvalue weighted by molar-refractivity contribution is -0.384. The Kier molecular flexibility index (Phi) is 7.70. The number of rotatable bonds is 9. The number of benzene rings is 2. The first-order valence-corrected chi connectivity index (χ1v) is 9.30. The second-order valence-corrected chi connectivity index (χ2v) is 7.00. The highest BCUT2D eigenvalue weighted by Crippen LogP contribution is 2.26. The van der Waals surface area contributed by atoms with Crippen molar-refractivity contribution in [2.45, 2.75) is 33.4 Å². The van der Waals surface area contributed by atoms with Crippen molar-refractivity contribution in [3.8, 4) is 0 Å². The normalized spacial score (nSPS) is 11.6. The average molecular weight is 399 g/mol. The van der Waals surface area contributed by atoms with Crippen LogP contribution in [-0.4, -0.2) is 29.4 Å². The number of nitrogens with one attached hydrogen (secondary N) is 2. The summed E-state index contributed by atoms with van der Waals surface area (Å²) in [6, 6.07) is 13.4. The average Bonchev–Trinajstić information content (AvgIpc) is 2.70. The number of nitrogens with zero attached hydrogens (tertiary/aromatic N) is 1. The van der Waals surface area contributed by atoms with Crippen LogP contribution in [-0.2, 0) is 16.1 Å². The van der Waals surface area contributed by atoms with Crippen molar-refractivity contribution in [3.05, 3.63) is 69.8 Å². The van der Waals surface area contributed by atoms with Crippen LogP contribution in [0.3, 0.4) is 0 Å². The van der Waals surface area contributed by atoms with Gasteiger partial charge < -0.3 is 15.4 Å². The topological polar surface area (TPSA) is 111 Å². The molecule has 2 rings (SSSR count). The summed E-state index contributed by atoms with van der Waals surface area (Å²) in [5, 5.41) is 17.1. The van der Waals surface area contributed by atoms with Crippen molar-refractivity contribution >= 4 is 23.3 Å². The molecule has 0 radical (unpaired) electrons. The number of anilines is 1. The van der Waals surface area contributed by atoms with Crippen LogP contribution in [0.25, 0.3) is 0 Å². The van der Waals surface area contributed by atoms with E-state index < -0.39 is 23.4 Å². The maximum Gasteiger partial charge on any atom is 0.338 e. The van der Waals surface area contributed by atoms with Crippen LogP contribution in [0.1, 0.15) is 36.7 Å². The molecule has 0 bridgehead atoms. The molecule has 0 saturated carbocycles. The van der Waals surface area contributed by atoms with Gasteiger partial charge in [0.25, 0.3) is 11.6 Å². The van der Waals surface area contributed by atoms with Crippen molar-refractivity contribution in [1.82, 2.24) is 5.32 Å². The highest BCUT2D eigenvalue weighted by Gasteiger charge is 2.19. The predicted molar refractivity (Wildman–Crippen MR) is 110 cm³/mol. The Balaban J connectivity index is 2.02. The van der Waals surface area contributed by atoms with E-state index in [-0.39, 0.29) is 23.2 Å². The van der Waals surface area contributed by atoms with Gasteiger partial charge in [0.2, 0.25) is 0 Å². The molecule has 29 heavy (non-hydrogen) atoms. The molecule has 0 heterocycles. The molecule has 1 amide bonds. The SMILES string of the molecule is CC(C)[C@H](C)NC(=O)COC(=O)c1ccc(NCc2ccccc2)c([N+](=O)[O-])c1. The first-order chi connectivity index (χ1) is 13.8. The van der Waals surface area contributed by atoms with Gasteiger partial charge in [0.15, 0.2) is 6.61 Å². The Morgan fingerprint density at radius 1 is 1.10 bits per heavy atom. The monoisotopic (exact) mass is 399 g/mol. The number of hydrogen-bond acceptors (Lipinski definition) is 6. The molecule has 1 atom stereocenters. The molecule has 0 unspecified atom stereocenters. The van der Waals surface area contributed by atoms with E-state index >= 15 is 0 Å². The second kappa shape index (κ2) is 10.2. The Morgan fingerprint density at radius 3 is 2.41 bits per heavy atom. The van der Waals surface area contributed by atoms with Crippen molar-refractivity contribution in [1.29, 1.82) is 0 Å². The summed E-state index contributed by atoms with van der Waals surface area (Å²) in [7, 11) is 0. The number of amides is 1. The predicted octanol–water partition coefficient (Wildman–Crippen LogP) is 3.52. The van der Waals surface area contributed by atoms with Crippen LogP contribution in [0.4, 0.5) is 11.4 Å². The van der Waals surface area contributed by atoms with Gasteiger partial charge in [-0.1, -0.05) is 44.2 Å². The molecule has 2 aromatic rings. The summed E-state index contributed by atoms with van der Waals surface area (Å²) in [6.45, 7) is 5.74. The minimum absolute atomic E-state index is 0.00618. The maximum atomic E-state index is 12.2. The number of nitro groups is 1. The molecule has 0 aliphatic rings. The van der Waals surface area contributed by atoms with Crippen molar-refractivity contribution in [2.75, 3.05) is 11.9 Å². The van der Waals surface area contributed by atoms with E-state index in [4.69, 9.17) is 4.74 Å². The molecule has 154 valence electrons. The van der Waals surface area contributed by atoms with E-state index in [0.29, 0.717) is 12.2 Å². The number of esters is 1. The molecule has 0 spiro atoms. The number of carbonyl (C=O) groups excluding carboxylic acids is 2. The lowest BCUT2D eigenvalue weighted by Crippen LogP contribution is -2.38. The summed E-state index contributed by atoms with van der Waals surface area (Å²) in [6.07, 6.45) is 0. The van der Waals surface area contributed by atoms with Gasteiger partial charge in [0.1, 0.15) is 5.69 Å². The largest absolute Gasteiger partial charge is 0.452 e. The van der Waals surface area contributed by atoms with Crippen LogP contribution in [0.5, 0.6) is 0 Å². The smallest absolute Gasteiger partial charge is 0.338 e. The van der Waals surface area contributed by atoms with E-state index in [1.165, 1.54) is 12.1 Å². The fourth-order valence-electron chi connectivity index (χ4n) is 2.43. The summed E-state index contributed by atoms with van der Waals surface area (Å²) in [5.74, 6) is -0.974. The molecule has 0 fully saturated rings. The highest BCUT2D eigenvalue weighted by molar-refractivity contribution is 5.93. The van der Waals surface area contributed by atoms with Gasteiger partial charge in [-0.3, -0.25) is 14.9 Å². The second-order valence-electron chi connectivity index (χ2n) is 7.00. The van der Waals surface area contributed by atoms with Gasteiger partial charge in [-0.25, -0.2) is 4.79 Å². The lowest BCUT2D eigenvalue weighted by atomic mass is 10.1. The molecule has 0 aliphatic carbocycles. The summed E-state index contributed by atoms with van der Waals surface area (Å²) in [4.78, 5) is 34.9. The Morgan fingerprint density at radius 2 is 1.79 bits per heavy atom. The first kappa shape index (κ1) is 21.9. The lowest BCUT2D eigenvalue weighted by Gasteiger charge is -2.17. The van der Waals surface area contributed by atoms with Crippen molar-refractivity contribution in [2.24, 2.45) is 5.92 Å². The van der Waals surface area contributed by atoms with Crippen LogP contribution in [0.2, 0.25) is 0 Å². The Hall–Kier alpha value is -3.42. The number of nitro benzene ring substituents is 1. The molecule has 0 aromatic heterocycles. The van der Waals surface area contributed by atoms with Crippen LogP contribution in [0, 0.1) is 16.0 Å². The maximum absolute atomic E-state index is 12.2. The molecule has 8 nitrogen and oxygen atoms in total. The fourth-order valence-corrected chi connectivity index (χ4v) is 2.43. The van der Waals surface area contributed by atoms with E-state index in [2.05, 4.69) is 10.6 Å². The molecule has 8 heteroatoms. The first-order valence-electron chi connectivity index (χ1n) is 9.30. The molecular formula is C21H25N3O5. The zero-order chi connectivity index (χ0) is 21.4. The highest BCUT2D eigenvalue weighted by atomic mass is 16.6. The molecule has 0 saturated heterocycles. The zero-order valence-electron chi connectivity index (χ0n) is 16.7. The van der Waals surface area contributed by atoms with E-state index in [1.54, 1.807) is 0 Å². The summed E-state index contributed by atoms with van der Waals surface area (Å²) in [5.41, 5.74) is 1.02. The van der Waals surface area contributed by atoms with Crippen molar-refractivity contribution in [3.63, 3.8) is 0 Å². The van der Waals surface area contributed by atoms with Gasteiger partial charge in [-0.15, -0.1) is 0 Å². The van der Waals surface area contributed by atoms with Crippen molar-refractivity contribution < 1.29 is 19.2 Å². The Labute approximate surface area is 169 Å². The molecule has 2 aromatic carbocycles. The van der Waals surface area contributed by atoms with Gasteiger partial charge in [0.05, 0.1) is 10.5 Å².